The summed E-state index contributed by atoms with van der Waals surface area (Å²) in [4.78, 5) is 52.1. The minimum absolute atomic E-state index is 0.0839. The van der Waals surface area contributed by atoms with Crippen LogP contribution in [0.25, 0.3) is 0 Å². The highest BCUT2D eigenvalue weighted by atomic mass is 32.2. The maximum Gasteiger partial charge on any atom is 0.353 e. The second-order valence-corrected chi connectivity index (χ2v) is 10.6. The first kappa shape index (κ1) is 24.8. The summed E-state index contributed by atoms with van der Waals surface area (Å²) in [6, 6.07) is -1.93. The van der Waals surface area contributed by atoms with Crippen LogP contribution < -0.4 is 10.6 Å². The topological polar surface area (TPSA) is 119 Å². The Kier molecular flexibility index (Phi) is 6.87. The summed E-state index contributed by atoms with van der Waals surface area (Å²) in [6.45, 7) is 4.13. The number of carbonyl (C=O) groups excluding carboxylic acids is 3. The maximum atomic E-state index is 13.5. The van der Waals surface area contributed by atoms with Crippen LogP contribution in [-0.4, -0.2) is 94.2 Å². The highest BCUT2D eigenvalue weighted by molar-refractivity contribution is 8.03. The third kappa shape index (κ3) is 4.28. The van der Waals surface area contributed by atoms with Crippen molar-refractivity contribution in [3.05, 3.63) is 10.6 Å². The van der Waals surface area contributed by atoms with Crippen LogP contribution in [0.15, 0.2) is 10.6 Å². The number of rotatable bonds is 7. The summed E-state index contributed by atoms with van der Waals surface area (Å²) in [7, 11) is 0. The number of thioether (sulfide) groups is 1. The van der Waals surface area contributed by atoms with Crippen LogP contribution in [0.1, 0.15) is 26.7 Å². The van der Waals surface area contributed by atoms with E-state index in [9.17, 15) is 37.5 Å². The van der Waals surface area contributed by atoms with E-state index >= 15 is 0 Å². The Morgan fingerprint density at radius 1 is 1.29 bits per heavy atom. The fourth-order valence-corrected chi connectivity index (χ4v) is 6.85. The normalized spacial score (nSPS) is 33.9. The number of hydrogen-bond acceptors (Lipinski definition) is 6. The summed E-state index contributed by atoms with van der Waals surface area (Å²) in [5, 5.41) is 15.0. The third-order valence-corrected chi connectivity index (χ3v) is 8.53. The quantitative estimate of drug-likeness (QED) is 0.434. The molecule has 0 saturated carbocycles. The summed E-state index contributed by atoms with van der Waals surface area (Å²) >= 11 is 1.30. The van der Waals surface area contributed by atoms with Gasteiger partial charge in [-0.05, 0) is 19.8 Å². The molecule has 0 aliphatic carbocycles. The number of hydrogen-bond donors (Lipinski definition) is 3. The average molecular weight is 505 g/mol. The Labute approximate surface area is 198 Å². The number of fused-ring (bicyclic) bond motifs is 1. The molecule has 0 aromatic heterocycles. The lowest BCUT2D eigenvalue weighted by molar-refractivity contribution is -0.159. The van der Waals surface area contributed by atoms with Gasteiger partial charge in [0.1, 0.15) is 11.9 Å². The lowest BCUT2D eigenvalue weighted by Crippen LogP contribution is -2.66. The van der Waals surface area contributed by atoms with Crippen molar-refractivity contribution < 1.29 is 37.5 Å². The van der Waals surface area contributed by atoms with E-state index in [1.54, 1.807) is 6.92 Å². The monoisotopic (exact) mass is 504 g/mol. The minimum atomic E-state index is -3.21. The van der Waals surface area contributed by atoms with Gasteiger partial charge in [0, 0.05) is 35.2 Å². The van der Waals surface area contributed by atoms with Gasteiger partial charge >= 0.3 is 12.4 Å². The molecule has 0 radical (unpaired) electrons. The number of alkyl halides is 3. The molecule has 0 spiro atoms. The van der Waals surface area contributed by atoms with Crippen LogP contribution >= 0.6 is 11.8 Å². The van der Waals surface area contributed by atoms with Gasteiger partial charge in [-0.2, -0.15) is 8.78 Å². The van der Waals surface area contributed by atoms with Crippen LogP contribution in [0.2, 0.25) is 0 Å². The molecule has 0 aromatic rings. The van der Waals surface area contributed by atoms with Crippen molar-refractivity contribution in [2.24, 2.45) is 11.8 Å². The number of nitrogens with one attached hydrogen (secondary N) is 2. The average Bonchev–Trinajstić information content (AvgIpc) is 3.46. The lowest BCUT2D eigenvalue weighted by Gasteiger charge is -2.47. The van der Waals surface area contributed by atoms with Crippen LogP contribution in [0, 0.1) is 11.8 Å². The number of likely N-dealkylation sites (tertiary alicyclic amines) is 1. The highest BCUT2D eigenvalue weighted by Gasteiger charge is 2.60. The molecule has 34 heavy (non-hydrogen) atoms. The van der Waals surface area contributed by atoms with Crippen LogP contribution in [-0.2, 0) is 19.2 Å². The summed E-state index contributed by atoms with van der Waals surface area (Å²) in [5.41, 5.74) is -0.134. The first-order valence-electron chi connectivity index (χ1n) is 11.2. The number of amides is 3. The number of halogens is 3. The van der Waals surface area contributed by atoms with Crippen molar-refractivity contribution in [1.29, 1.82) is 0 Å². The molecule has 0 unspecified atom stereocenters. The van der Waals surface area contributed by atoms with E-state index < -0.39 is 54.4 Å². The van der Waals surface area contributed by atoms with Gasteiger partial charge in [0.15, 0.2) is 0 Å². The molecule has 3 fully saturated rings. The SMILES string of the molecule is C[C@@H](NC(=O)C(F)F)[C@H]1C(=O)N2C(C(=O)O)=C(S[C@@H]3CN[C@H](C(=O)N4CC[C@H](F)C4)C3)[C@H](C)[C@@H]12. The molecule has 4 rings (SSSR count). The van der Waals surface area contributed by atoms with Crippen molar-refractivity contribution in [1.82, 2.24) is 20.4 Å². The zero-order chi connectivity index (χ0) is 24.9. The van der Waals surface area contributed by atoms with Crippen LogP contribution in [0.5, 0.6) is 0 Å². The second kappa shape index (κ2) is 9.40. The minimum Gasteiger partial charge on any atom is -0.477 e. The van der Waals surface area contributed by atoms with Gasteiger partial charge in [0.05, 0.1) is 24.5 Å². The number of carboxylic acid groups (broad SMARTS) is 1. The number of nitrogens with zero attached hydrogens (tertiary/aromatic N) is 2. The van der Waals surface area contributed by atoms with Gasteiger partial charge < -0.3 is 25.5 Å². The zero-order valence-electron chi connectivity index (χ0n) is 18.7. The Hall–Kier alpha value is -2.28. The van der Waals surface area contributed by atoms with E-state index in [-0.39, 0.29) is 29.3 Å². The van der Waals surface area contributed by atoms with Gasteiger partial charge in [-0.15, -0.1) is 11.8 Å². The molecule has 9 nitrogen and oxygen atoms in total. The smallest absolute Gasteiger partial charge is 0.353 e. The predicted molar refractivity (Wildman–Crippen MR) is 115 cm³/mol. The maximum absolute atomic E-state index is 13.5. The summed E-state index contributed by atoms with van der Waals surface area (Å²) in [6.07, 6.45) is -3.47. The van der Waals surface area contributed by atoms with Gasteiger partial charge in [-0.25, -0.2) is 9.18 Å². The Bertz CT molecular complexity index is 934. The van der Waals surface area contributed by atoms with Crippen molar-refractivity contribution in [2.75, 3.05) is 19.6 Å². The fourth-order valence-electron chi connectivity index (χ4n) is 5.37. The predicted octanol–water partition coefficient (Wildman–Crippen LogP) is 0.563. The first-order valence-corrected chi connectivity index (χ1v) is 12.1. The van der Waals surface area contributed by atoms with Gasteiger partial charge in [-0.3, -0.25) is 14.4 Å². The molecular weight excluding hydrogens is 477 g/mol. The van der Waals surface area contributed by atoms with Crippen molar-refractivity contribution >= 4 is 35.5 Å². The van der Waals surface area contributed by atoms with E-state index in [1.807, 2.05) is 0 Å². The summed E-state index contributed by atoms with van der Waals surface area (Å²) < 4.78 is 38.7. The number of carboxylic acids is 1. The Morgan fingerprint density at radius 3 is 2.59 bits per heavy atom. The van der Waals surface area contributed by atoms with Gasteiger partial charge in [0.2, 0.25) is 11.8 Å². The molecule has 0 aromatic carbocycles. The van der Waals surface area contributed by atoms with Gasteiger partial charge in [-0.1, -0.05) is 6.92 Å². The summed E-state index contributed by atoms with van der Waals surface area (Å²) in [5.74, 6) is -4.64. The molecule has 4 aliphatic heterocycles. The van der Waals surface area contributed by atoms with Crippen LogP contribution in [0.4, 0.5) is 13.2 Å². The molecule has 3 N–H and O–H groups in total. The largest absolute Gasteiger partial charge is 0.477 e. The molecule has 7 atom stereocenters. The molecule has 13 heteroatoms. The standard InChI is InChI=1S/C21H27F3N4O5S/c1-8-14-13(9(2)26-18(29)17(23)24)20(31)28(14)15(21(32)33)16(8)34-11-5-12(25-6-11)19(30)27-4-3-10(22)7-27/h8-14,17,25H,3-7H2,1-2H3,(H,26,29)(H,32,33)/t8-,9-,10+,11+,12+,13-,14+/m1/s1. The molecular formula is C21H27F3N4O5S. The first-order chi connectivity index (χ1) is 16.0. The molecule has 4 aliphatic rings. The van der Waals surface area contributed by atoms with E-state index in [4.69, 9.17) is 0 Å². The third-order valence-electron chi connectivity index (χ3n) is 7.02. The van der Waals surface area contributed by atoms with Gasteiger partial charge in [0.25, 0.3) is 5.91 Å². The van der Waals surface area contributed by atoms with E-state index in [0.29, 0.717) is 30.8 Å². The lowest BCUT2D eigenvalue weighted by atomic mass is 9.78. The molecule has 0 bridgehead atoms. The van der Waals surface area contributed by atoms with Crippen molar-refractivity contribution in [3.8, 4) is 0 Å². The Morgan fingerprint density at radius 2 is 2.00 bits per heavy atom. The number of β-lactam (4-membered cyclic amide) rings is 1. The molecule has 188 valence electrons. The highest BCUT2D eigenvalue weighted by Crippen LogP contribution is 2.51. The van der Waals surface area contributed by atoms with Crippen molar-refractivity contribution in [2.45, 2.75) is 62.7 Å². The van der Waals surface area contributed by atoms with Crippen LogP contribution in [0.3, 0.4) is 0 Å². The fraction of sp³-hybridized carbons (Fsp3) is 0.714. The second-order valence-electron chi connectivity index (χ2n) is 9.24. The Balaban J connectivity index is 1.44. The number of carbonyl (C=O) groups is 4. The number of aliphatic carboxylic acids is 1. The van der Waals surface area contributed by atoms with E-state index in [1.165, 1.54) is 28.5 Å². The van der Waals surface area contributed by atoms with Crippen molar-refractivity contribution in [3.63, 3.8) is 0 Å². The van der Waals surface area contributed by atoms with E-state index in [2.05, 4.69) is 10.6 Å². The van der Waals surface area contributed by atoms with E-state index in [0.717, 1.165) is 0 Å². The molecule has 3 amide bonds. The zero-order valence-corrected chi connectivity index (χ0v) is 19.5. The molecule has 4 heterocycles. The molecule has 3 saturated heterocycles.